The molecule has 2 rings (SSSR count). The number of nitrogens with zero attached hydrogens (tertiary/aromatic N) is 1. The number of rotatable bonds is 2. The van der Waals surface area contributed by atoms with Gasteiger partial charge in [0.05, 0.1) is 19.7 Å². The van der Waals surface area contributed by atoms with Crippen molar-refractivity contribution >= 4 is 10.9 Å². The number of hydrogen-bond donors (Lipinski definition) is 0. The second-order valence-electron chi connectivity index (χ2n) is 2.88. The van der Waals surface area contributed by atoms with E-state index in [1.54, 1.807) is 20.3 Å². The highest BCUT2D eigenvalue weighted by Gasteiger charge is 2.04. The minimum Gasteiger partial charge on any atom is -0.496 e. The molecule has 0 unspecified atom stereocenters. The van der Waals surface area contributed by atoms with Crippen LogP contribution in [0.5, 0.6) is 11.6 Å². The normalized spacial score (nSPS) is 10.1. The molecule has 0 bridgehead atoms. The average molecular weight is 189 g/mol. The molecule has 0 aliphatic heterocycles. The van der Waals surface area contributed by atoms with Crippen LogP contribution in [0.15, 0.2) is 30.3 Å². The molecular formula is C11H11NO2. The molecule has 0 saturated heterocycles. The third-order valence-corrected chi connectivity index (χ3v) is 2.08. The van der Waals surface area contributed by atoms with Gasteiger partial charge in [0.15, 0.2) is 0 Å². The van der Waals surface area contributed by atoms with Crippen LogP contribution in [0, 0.1) is 0 Å². The molecule has 14 heavy (non-hydrogen) atoms. The van der Waals surface area contributed by atoms with Gasteiger partial charge in [0.1, 0.15) is 5.75 Å². The van der Waals surface area contributed by atoms with Gasteiger partial charge >= 0.3 is 0 Å². The lowest BCUT2D eigenvalue weighted by atomic mass is 10.2. The van der Waals surface area contributed by atoms with E-state index in [1.165, 1.54) is 0 Å². The molecule has 2 aromatic rings. The summed E-state index contributed by atoms with van der Waals surface area (Å²) in [6.45, 7) is 0. The van der Waals surface area contributed by atoms with Gasteiger partial charge < -0.3 is 9.47 Å². The molecule has 1 heterocycles. The van der Waals surface area contributed by atoms with Crippen molar-refractivity contribution < 1.29 is 9.47 Å². The van der Waals surface area contributed by atoms with Crippen molar-refractivity contribution in [1.29, 1.82) is 0 Å². The lowest BCUT2D eigenvalue weighted by Crippen LogP contribution is -1.91. The first-order chi connectivity index (χ1) is 6.85. The number of hydrogen-bond acceptors (Lipinski definition) is 3. The Morgan fingerprint density at radius 3 is 2.57 bits per heavy atom. The number of fused-ring (bicyclic) bond motifs is 1. The highest BCUT2D eigenvalue weighted by atomic mass is 16.5. The van der Waals surface area contributed by atoms with Crippen molar-refractivity contribution in [3.8, 4) is 11.6 Å². The van der Waals surface area contributed by atoms with Crippen molar-refractivity contribution in [2.24, 2.45) is 0 Å². The summed E-state index contributed by atoms with van der Waals surface area (Å²) in [4.78, 5) is 4.30. The molecule has 1 aromatic carbocycles. The van der Waals surface area contributed by atoms with Crippen LogP contribution >= 0.6 is 0 Å². The molecule has 3 heteroatoms. The molecule has 72 valence electrons. The monoisotopic (exact) mass is 189 g/mol. The summed E-state index contributed by atoms with van der Waals surface area (Å²) in [5, 5.41) is 0.996. The van der Waals surface area contributed by atoms with E-state index in [-0.39, 0.29) is 0 Å². The van der Waals surface area contributed by atoms with Gasteiger partial charge in [-0.3, -0.25) is 0 Å². The minimum absolute atomic E-state index is 0.570. The van der Waals surface area contributed by atoms with Crippen LogP contribution in [0.25, 0.3) is 10.9 Å². The molecule has 0 amide bonds. The zero-order valence-electron chi connectivity index (χ0n) is 8.15. The Labute approximate surface area is 82.3 Å². The highest BCUT2D eigenvalue weighted by Crippen LogP contribution is 2.27. The molecule has 0 spiro atoms. The molecule has 0 atom stereocenters. The molecule has 0 N–H and O–H groups in total. The lowest BCUT2D eigenvalue weighted by Gasteiger charge is -2.06. The maximum absolute atomic E-state index is 5.25. The third-order valence-electron chi connectivity index (χ3n) is 2.08. The molecule has 0 radical (unpaired) electrons. The minimum atomic E-state index is 0.570. The molecule has 0 aliphatic rings. The first-order valence-electron chi connectivity index (χ1n) is 4.33. The van der Waals surface area contributed by atoms with Crippen molar-refractivity contribution in [2.45, 2.75) is 0 Å². The molecule has 1 aromatic heterocycles. The lowest BCUT2D eigenvalue weighted by molar-refractivity contribution is 0.386. The number of ether oxygens (including phenoxy) is 2. The predicted octanol–water partition coefficient (Wildman–Crippen LogP) is 2.25. The number of aromatic nitrogens is 1. The fourth-order valence-corrected chi connectivity index (χ4v) is 1.39. The smallest absolute Gasteiger partial charge is 0.217 e. The molecule has 0 aliphatic carbocycles. The van der Waals surface area contributed by atoms with E-state index in [9.17, 15) is 0 Å². The average Bonchev–Trinajstić information content (AvgIpc) is 2.27. The van der Waals surface area contributed by atoms with Crippen LogP contribution in [0.4, 0.5) is 0 Å². The van der Waals surface area contributed by atoms with Crippen LogP contribution < -0.4 is 9.47 Å². The Morgan fingerprint density at radius 1 is 1.07 bits per heavy atom. The van der Waals surface area contributed by atoms with E-state index in [2.05, 4.69) is 4.98 Å². The first kappa shape index (κ1) is 8.81. The Balaban J connectivity index is 2.73. The highest BCUT2D eigenvalue weighted by molar-refractivity contribution is 5.85. The summed E-state index contributed by atoms with van der Waals surface area (Å²) in [6, 6.07) is 9.58. The van der Waals surface area contributed by atoms with Crippen LogP contribution in [0.2, 0.25) is 0 Å². The predicted molar refractivity (Wildman–Crippen MR) is 54.8 cm³/mol. The summed E-state index contributed by atoms with van der Waals surface area (Å²) in [5.74, 6) is 1.35. The molecular weight excluding hydrogens is 178 g/mol. The van der Waals surface area contributed by atoms with Gasteiger partial charge in [-0.15, -0.1) is 0 Å². The van der Waals surface area contributed by atoms with E-state index < -0.39 is 0 Å². The number of pyridine rings is 1. The second-order valence-corrected chi connectivity index (χ2v) is 2.88. The summed E-state index contributed by atoms with van der Waals surface area (Å²) in [6.07, 6.45) is 0. The number of para-hydroxylation sites is 1. The fourth-order valence-electron chi connectivity index (χ4n) is 1.39. The third kappa shape index (κ3) is 1.37. The van der Waals surface area contributed by atoms with Gasteiger partial charge in [-0.05, 0) is 12.1 Å². The van der Waals surface area contributed by atoms with E-state index in [0.29, 0.717) is 5.88 Å². The van der Waals surface area contributed by atoms with Crippen LogP contribution in [-0.2, 0) is 0 Å². The molecule has 3 nitrogen and oxygen atoms in total. The maximum atomic E-state index is 5.25. The SMILES string of the molecule is COc1cc(OC)c2ccccc2n1. The Morgan fingerprint density at radius 2 is 1.86 bits per heavy atom. The van der Waals surface area contributed by atoms with Crippen molar-refractivity contribution in [3.63, 3.8) is 0 Å². The van der Waals surface area contributed by atoms with Gasteiger partial charge in [-0.1, -0.05) is 12.1 Å². The zero-order valence-corrected chi connectivity index (χ0v) is 8.15. The van der Waals surface area contributed by atoms with Crippen LogP contribution in [-0.4, -0.2) is 19.2 Å². The van der Waals surface area contributed by atoms with Gasteiger partial charge in [-0.2, -0.15) is 0 Å². The van der Waals surface area contributed by atoms with Crippen molar-refractivity contribution in [2.75, 3.05) is 14.2 Å². The number of methoxy groups -OCH3 is 2. The quantitative estimate of drug-likeness (QED) is 0.726. The van der Waals surface area contributed by atoms with E-state index in [1.807, 2.05) is 24.3 Å². The Hall–Kier alpha value is -1.77. The summed E-state index contributed by atoms with van der Waals surface area (Å²) in [7, 11) is 3.23. The van der Waals surface area contributed by atoms with E-state index >= 15 is 0 Å². The van der Waals surface area contributed by atoms with Crippen LogP contribution in [0.1, 0.15) is 0 Å². The first-order valence-corrected chi connectivity index (χ1v) is 4.33. The Bertz CT molecular complexity index is 454. The fraction of sp³-hybridized carbons (Fsp3) is 0.182. The van der Waals surface area contributed by atoms with Crippen molar-refractivity contribution in [1.82, 2.24) is 4.98 Å². The van der Waals surface area contributed by atoms with Crippen LogP contribution in [0.3, 0.4) is 0 Å². The van der Waals surface area contributed by atoms with Gasteiger partial charge in [0.25, 0.3) is 0 Å². The zero-order chi connectivity index (χ0) is 9.97. The standard InChI is InChI=1S/C11H11NO2/c1-13-10-7-11(14-2)12-9-6-4-3-5-8(9)10/h3-7H,1-2H3. The van der Waals surface area contributed by atoms with Crippen molar-refractivity contribution in [3.05, 3.63) is 30.3 Å². The van der Waals surface area contributed by atoms with E-state index in [4.69, 9.17) is 9.47 Å². The summed E-state index contributed by atoms with van der Waals surface area (Å²) < 4.78 is 10.3. The maximum Gasteiger partial charge on any atom is 0.217 e. The molecule has 0 saturated carbocycles. The topological polar surface area (TPSA) is 31.4 Å². The molecule has 0 fully saturated rings. The van der Waals surface area contributed by atoms with Gasteiger partial charge in [-0.25, -0.2) is 4.98 Å². The number of benzene rings is 1. The summed E-state index contributed by atoms with van der Waals surface area (Å²) in [5.41, 5.74) is 0.878. The van der Waals surface area contributed by atoms with E-state index in [0.717, 1.165) is 16.7 Å². The van der Waals surface area contributed by atoms with Gasteiger partial charge in [0.2, 0.25) is 5.88 Å². The Kier molecular flexibility index (Phi) is 2.23. The second kappa shape index (κ2) is 3.54. The van der Waals surface area contributed by atoms with Gasteiger partial charge in [0, 0.05) is 11.5 Å². The summed E-state index contributed by atoms with van der Waals surface area (Å²) >= 11 is 0. The largest absolute Gasteiger partial charge is 0.496 e.